The highest BCUT2D eigenvalue weighted by molar-refractivity contribution is 6.05. The van der Waals surface area contributed by atoms with E-state index in [1.165, 1.54) is 9.58 Å². The number of hydrogen-bond donors (Lipinski definition) is 1. The van der Waals surface area contributed by atoms with Crippen molar-refractivity contribution >= 4 is 22.6 Å². The van der Waals surface area contributed by atoms with Gasteiger partial charge in [0.2, 0.25) is 0 Å². The lowest BCUT2D eigenvalue weighted by Crippen LogP contribution is -2.42. The number of aryl methyl sites for hydroxylation is 1. The van der Waals surface area contributed by atoms with Crippen LogP contribution in [0.2, 0.25) is 0 Å². The predicted octanol–water partition coefficient (Wildman–Crippen LogP) is 2.52. The molecule has 0 spiro atoms. The maximum atomic E-state index is 13.0. The fourth-order valence-electron chi connectivity index (χ4n) is 2.83. The number of rotatable bonds is 8. The molecule has 1 aromatic heterocycles. The standard InChI is InChI=1S/C19H25N3O4/c1-4-5-8-11-22-18(25)15-10-7-6-9-14(15)17(20-22)19(26)21(13(2)3)12-16(23)24/h6-7,9-10,13H,4-5,8,11-12H2,1-3H3,(H,23,24). The molecular formula is C19H25N3O4. The minimum Gasteiger partial charge on any atom is -0.480 e. The first-order valence-electron chi connectivity index (χ1n) is 8.89. The molecule has 26 heavy (non-hydrogen) atoms. The van der Waals surface area contributed by atoms with Crippen LogP contribution in [0.1, 0.15) is 50.5 Å². The van der Waals surface area contributed by atoms with Gasteiger partial charge in [-0.05, 0) is 26.3 Å². The molecule has 7 heteroatoms. The smallest absolute Gasteiger partial charge is 0.323 e. The minimum absolute atomic E-state index is 0.117. The monoisotopic (exact) mass is 359 g/mol. The number of hydrogen-bond acceptors (Lipinski definition) is 4. The molecule has 0 atom stereocenters. The summed E-state index contributed by atoms with van der Waals surface area (Å²) in [5.41, 5.74) is -0.116. The van der Waals surface area contributed by atoms with Gasteiger partial charge in [-0.1, -0.05) is 38.0 Å². The highest BCUT2D eigenvalue weighted by Crippen LogP contribution is 2.17. The first kappa shape index (κ1) is 19.6. The SMILES string of the molecule is CCCCCn1nc(C(=O)N(CC(=O)O)C(C)C)c2ccccc2c1=O. The fourth-order valence-corrected chi connectivity index (χ4v) is 2.83. The van der Waals surface area contributed by atoms with Crippen LogP contribution in [0.3, 0.4) is 0 Å². The maximum absolute atomic E-state index is 13.0. The van der Waals surface area contributed by atoms with E-state index >= 15 is 0 Å². The second kappa shape index (κ2) is 8.60. The van der Waals surface area contributed by atoms with Crippen molar-refractivity contribution in [2.75, 3.05) is 6.54 Å². The van der Waals surface area contributed by atoms with E-state index in [2.05, 4.69) is 12.0 Å². The molecule has 2 rings (SSSR count). The molecular weight excluding hydrogens is 334 g/mol. The summed E-state index contributed by atoms with van der Waals surface area (Å²) in [6.07, 6.45) is 2.76. The molecule has 0 saturated heterocycles. The number of carbonyl (C=O) groups is 2. The lowest BCUT2D eigenvalue weighted by Gasteiger charge is -2.25. The number of carboxylic acids is 1. The van der Waals surface area contributed by atoms with E-state index in [0.29, 0.717) is 17.3 Å². The fraction of sp³-hybridized carbons (Fsp3) is 0.474. The normalized spacial score (nSPS) is 11.1. The van der Waals surface area contributed by atoms with Crippen molar-refractivity contribution in [3.63, 3.8) is 0 Å². The zero-order chi connectivity index (χ0) is 19.3. The summed E-state index contributed by atoms with van der Waals surface area (Å²) in [6, 6.07) is 6.51. The van der Waals surface area contributed by atoms with Crippen LogP contribution in [-0.2, 0) is 11.3 Å². The number of nitrogens with zero attached hydrogens (tertiary/aromatic N) is 3. The van der Waals surface area contributed by atoms with Crippen LogP contribution in [0.5, 0.6) is 0 Å². The number of amides is 1. The Morgan fingerprint density at radius 3 is 2.42 bits per heavy atom. The molecule has 0 saturated carbocycles. The number of benzene rings is 1. The van der Waals surface area contributed by atoms with Crippen molar-refractivity contribution in [2.45, 2.75) is 52.6 Å². The van der Waals surface area contributed by atoms with Gasteiger partial charge in [-0.15, -0.1) is 0 Å². The van der Waals surface area contributed by atoms with Gasteiger partial charge in [0, 0.05) is 18.0 Å². The Kier molecular flexibility index (Phi) is 6.49. The summed E-state index contributed by atoms with van der Waals surface area (Å²) in [7, 11) is 0. The zero-order valence-electron chi connectivity index (χ0n) is 15.4. The molecule has 0 aliphatic heterocycles. The van der Waals surface area contributed by atoms with Gasteiger partial charge < -0.3 is 10.0 Å². The molecule has 0 bridgehead atoms. The Bertz CT molecular complexity index is 857. The number of carboxylic acid groups (broad SMARTS) is 1. The summed E-state index contributed by atoms with van der Waals surface area (Å²) in [4.78, 5) is 38.1. The lowest BCUT2D eigenvalue weighted by molar-refractivity contribution is -0.138. The van der Waals surface area contributed by atoms with Crippen LogP contribution >= 0.6 is 0 Å². The highest BCUT2D eigenvalue weighted by Gasteiger charge is 2.25. The van der Waals surface area contributed by atoms with Crippen LogP contribution < -0.4 is 5.56 Å². The van der Waals surface area contributed by atoms with Crippen molar-refractivity contribution in [1.82, 2.24) is 14.7 Å². The van der Waals surface area contributed by atoms with E-state index in [1.807, 2.05) is 0 Å². The van der Waals surface area contributed by atoms with Gasteiger partial charge >= 0.3 is 5.97 Å². The number of aromatic nitrogens is 2. The zero-order valence-corrected chi connectivity index (χ0v) is 15.4. The Morgan fingerprint density at radius 1 is 1.19 bits per heavy atom. The van der Waals surface area contributed by atoms with Crippen molar-refractivity contribution in [3.05, 3.63) is 40.3 Å². The van der Waals surface area contributed by atoms with E-state index in [9.17, 15) is 14.4 Å². The number of unbranched alkanes of at least 4 members (excludes halogenated alkanes) is 2. The van der Waals surface area contributed by atoms with E-state index in [1.54, 1.807) is 38.1 Å². The summed E-state index contributed by atoms with van der Waals surface area (Å²) in [5, 5.41) is 14.3. The molecule has 140 valence electrons. The molecule has 0 fully saturated rings. The Morgan fingerprint density at radius 2 is 1.85 bits per heavy atom. The molecule has 0 radical (unpaired) electrons. The van der Waals surface area contributed by atoms with Crippen LogP contribution in [0, 0.1) is 0 Å². The Labute approximate surface area is 152 Å². The summed E-state index contributed by atoms with van der Waals surface area (Å²) < 4.78 is 1.32. The van der Waals surface area contributed by atoms with Crippen molar-refractivity contribution < 1.29 is 14.7 Å². The van der Waals surface area contributed by atoms with Gasteiger partial charge in [-0.3, -0.25) is 14.4 Å². The van der Waals surface area contributed by atoms with Crippen LogP contribution in [-0.4, -0.2) is 44.3 Å². The third-order valence-electron chi connectivity index (χ3n) is 4.23. The molecule has 1 amide bonds. The molecule has 0 unspecified atom stereocenters. The van der Waals surface area contributed by atoms with Crippen LogP contribution in [0.25, 0.3) is 10.8 Å². The van der Waals surface area contributed by atoms with E-state index in [-0.39, 0.29) is 17.3 Å². The average molecular weight is 359 g/mol. The largest absolute Gasteiger partial charge is 0.480 e. The number of carbonyl (C=O) groups excluding carboxylic acids is 1. The molecule has 1 N–H and O–H groups in total. The third kappa shape index (κ3) is 4.28. The summed E-state index contributed by atoms with van der Waals surface area (Å²) in [6.45, 7) is 5.58. The Balaban J connectivity index is 2.57. The minimum atomic E-state index is -1.09. The van der Waals surface area contributed by atoms with E-state index in [4.69, 9.17) is 5.11 Å². The van der Waals surface area contributed by atoms with Crippen LogP contribution in [0.4, 0.5) is 0 Å². The summed E-state index contributed by atoms with van der Waals surface area (Å²) >= 11 is 0. The predicted molar refractivity (Wildman–Crippen MR) is 99.3 cm³/mol. The van der Waals surface area contributed by atoms with Crippen molar-refractivity contribution in [3.8, 4) is 0 Å². The van der Waals surface area contributed by atoms with Crippen LogP contribution in [0.15, 0.2) is 29.1 Å². The van der Waals surface area contributed by atoms with Gasteiger partial charge in [0.15, 0.2) is 5.69 Å². The quantitative estimate of drug-likeness (QED) is 0.731. The second-order valence-electron chi connectivity index (χ2n) is 6.55. The molecule has 7 nitrogen and oxygen atoms in total. The van der Waals surface area contributed by atoms with Gasteiger partial charge in [0.05, 0.1) is 5.39 Å². The van der Waals surface area contributed by atoms with Gasteiger partial charge in [0.1, 0.15) is 6.54 Å². The second-order valence-corrected chi connectivity index (χ2v) is 6.55. The van der Waals surface area contributed by atoms with Crippen molar-refractivity contribution in [1.29, 1.82) is 0 Å². The topological polar surface area (TPSA) is 92.5 Å². The number of fused-ring (bicyclic) bond motifs is 1. The van der Waals surface area contributed by atoms with E-state index in [0.717, 1.165) is 19.3 Å². The number of aliphatic carboxylic acids is 1. The van der Waals surface area contributed by atoms with E-state index < -0.39 is 18.4 Å². The Hall–Kier alpha value is -2.70. The summed E-state index contributed by atoms with van der Waals surface area (Å²) in [5.74, 6) is -1.57. The van der Waals surface area contributed by atoms with Gasteiger partial charge in [-0.25, -0.2) is 4.68 Å². The highest BCUT2D eigenvalue weighted by atomic mass is 16.4. The lowest BCUT2D eigenvalue weighted by atomic mass is 10.1. The molecule has 0 aliphatic carbocycles. The first-order chi connectivity index (χ1) is 12.4. The third-order valence-corrected chi connectivity index (χ3v) is 4.23. The molecule has 1 heterocycles. The molecule has 2 aromatic rings. The molecule has 1 aromatic carbocycles. The average Bonchev–Trinajstić information content (AvgIpc) is 2.61. The van der Waals surface area contributed by atoms with Gasteiger partial charge in [0.25, 0.3) is 11.5 Å². The first-order valence-corrected chi connectivity index (χ1v) is 8.89. The van der Waals surface area contributed by atoms with Gasteiger partial charge in [-0.2, -0.15) is 5.10 Å². The maximum Gasteiger partial charge on any atom is 0.323 e. The molecule has 0 aliphatic rings. The van der Waals surface area contributed by atoms with Crippen molar-refractivity contribution in [2.24, 2.45) is 0 Å².